The molecule has 0 aromatic rings. The molecule has 1 aliphatic rings. The van der Waals surface area contributed by atoms with Crippen LogP contribution in [-0.4, -0.2) is 66.8 Å². The molecule has 5 nitrogen and oxygen atoms in total. The number of aliphatic hydroxyl groups excluding tert-OH is 1. The SMILES string of the molecule is C#CCNC(=O)N(C)CC1CCN(CC(C)O)CC1. The summed E-state index contributed by atoms with van der Waals surface area (Å²) in [6, 6.07) is -0.107. The summed E-state index contributed by atoms with van der Waals surface area (Å²) < 4.78 is 0. The van der Waals surface area contributed by atoms with Crippen LogP contribution >= 0.6 is 0 Å². The van der Waals surface area contributed by atoms with E-state index in [1.165, 1.54) is 0 Å². The number of carbonyl (C=O) groups is 1. The molecule has 0 aromatic carbocycles. The minimum absolute atomic E-state index is 0.107. The van der Waals surface area contributed by atoms with Gasteiger partial charge in [0.25, 0.3) is 0 Å². The Morgan fingerprint density at radius 1 is 1.58 bits per heavy atom. The highest BCUT2D eigenvalue weighted by molar-refractivity contribution is 5.74. The third-order valence-electron chi connectivity index (χ3n) is 3.45. The summed E-state index contributed by atoms with van der Waals surface area (Å²) in [4.78, 5) is 15.6. The van der Waals surface area contributed by atoms with Crippen LogP contribution < -0.4 is 5.32 Å². The number of terminal acetylenes is 1. The van der Waals surface area contributed by atoms with Crippen molar-refractivity contribution in [1.29, 1.82) is 0 Å². The first-order valence-corrected chi connectivity index (χ1v) is 6.85. The number of aliphatic hydroxyl groups is 1. The van der Waals surface area contributed by atoms with E-state index in [4.69, 9.17) is 6.42 Å². The molecular formula is C14H25N3O2. The lowest BCUT2D eigenvalue weighted by atomic mass is 9.96. The molecule has 1 heterocycles. The van der Waals surface area contributed by atoms with E-state index in [1.807, 2.05) is 6.92 Å². The normalized spacial score (nSPS) is 18.6. The van der Waals surface area contributed by atoms with Gasteiger partial charge in [-0.1, -0.05) is 5.92 Å². The number of carbonyl (C=O) groups excluding carboxylic acids is 1. The Kier molecular flexibility index (Phi) is 6.68. The number of nitrogens with one attached hydrogen (secondary N) is 1. The van der Waals surface area contributed by atoms with Crippen LogP contribution in [0.1, 0.15) is 19.8 Å². The lowest BCUT2D eigenvalue weighted by Gasteiger charge is -2.34. The van der Waals surface area contributed by atoms with Crippen LogP contribution in [0.15, 0.2) is 0 Å². The third kappa shape index (κ3) is 5.95. The van der Waals surface area contributed by atoms with Crippen molar-refractivity contribution in [2.24, 2.45) is 5.92 Å². The molecule has 2 amide bonds. The quantitative estimate of drug-likeness (QED) is 0.707. The van der Waals surface area contributed by atoms with Crippen LogP contribution in [0.4, 0.5) is 4.79 Å². The largest absolute Gasteiger partial charge is 0.392 e. The van der Waals surface area contributed by atoms with E-state index in [1.54, 1.807) is 11.9 Å². The minimum atomic E-state index is -0.270. The van der Waals surface area contributed by atoms with Crippen LogP contribution in [0.25, 0.3) is 0 Å². The second-order valence-electron chi connectivity index (χ2n) is 5.34. The number of hydrogen-bond acceptors (Lipinski definition) is 3. The first-order chi connectivity index (χ1) is 9.02. The fraction of sp³-hybridized carbons (Fsp3) is 0.786. The van der Waals surface area contributed by atoms with E-state index in [0.717, 1.165) is 39.0 Å². The highest BCUT2D eigenvalue weighted by atomic mass is 16.3. The van der Waals surface area contributed by atoms with Crippen molar-refractivity contribution in [1.82, 2.24) is 15.1 Å². The Bertz CT molecular complexity index is 317. The Hall–Kier alpha value is -1.25. The van der Waals surface area contributed by atoms with E-state index in [-0.39, 0.29) is 18.7 Å². The van der Waals surface area contributed by atoms with Crippen molar-refractivity contribution in [3.8, 4) is 12.3 Å². The molecule has 1 fully saturated rings. The zero-order valence-electron chi connectivity index (χ0n) is 11.9. The van der Waals surface area contributed by atoms with Crippen molar-refractivity contribution in [2.45, 2.75) is 25.9 Å². The number of urea groups is 1. The molecule has 0 radical (unpaired) electrons. The van der Waals surface area contributed by atoms with Crippen LogP contribution in [0, 0.1) is 18.3 Å². The van der Waals surface area contributed by atoms with Gasteiger partial charge in [-0.15, -0.1) is 6.42 Å². The van der Waals surface area contributed by atoms with Crippen molar-refractivity contribution in [2.75, 3.05) is 39.8 Å². The van der Waals surface area contributed by atoms with Gasteiger partial charge in [0, 0.05) is 20.1 Å². The van der Waals surface area contributed by atoms with Gasteiger partial charge in [0.15, 0.2) is 0 Å². The van der Waals surface area contributed by atoms with Crippen LogP contribution in [0.3, 0.4) is 0 Å². The number of amides is 2. The van der Waals surface area contributed by atoms with Crippen LogP contribution in [-0.2, 0) is 0 Å². The molecular weight excluding hydrogens is 242 g/mol. The van der Waals surface area contributed by atoms with Gasteiger partial charge in [0.1, 0.15) is 0 Å². The molecule has 0 saturated carbocycles. The summed E-state index contributed by atoms with van der Waals surface area (Å²) in [6.07, 6.45) is 6.98. The maximum atomic E-state index is 11.7. The monoisotopic (exact) mass is 267 g/mol. The predicted octanol–water partition coefficient (Wildman–Crippen LogP) is 0.354. The third-order valence-corrected chi connectivity index (χ3v) is 3.45. The van der Waals surface area contributed by atoms with Gasteiger partial charge in [-0.25, -0.2) is 4.79 Å². The number of nitrogens with zero attached hydrogens (tertiary/aromatic N) is 2. The van der Waals surface area contributed by atoms with Gasteiger partial charge in [0.05, 0.1) is 12.6 Å². The first kappa shape index (κ1) is 15.8. The summed E-state index contributed by atoms with van der Waals surface area (Å²) in [5, 5.41) is 12.0. The van der Waals surface area contributed by atoms with E-state index in [2.05, 4.69) is 16.1 Å². The van der Waals surface area contributed by atoms with Gasteiger partial charge >= 0.3 is 6.03 Å². The number of rotatable bonds is 5. The van der Waals surface area contributed by atoms with E-state index < -0.39 is 0 Å². The van der Waals surface area contributed by atoms with Crippen molar-refractivity contribution in [3.63, 3.8) is 0 Å². The molecule has 0 aromatic heterocycles. The molecule has 0 bridgehead atoms. The van der Waals surface area contributed by atoms with Crippen molar-refractivity contribution in [3.05, 3.63) is 0 Å². The van der Waals surface area contributed by atoms with Crippen molar-refractivity contribution < 1.29 is 9.90 Å². The summed E-state index contributed by atoms with van der Waals surface area (Å²) in [7, 11) is 1.80. The summed E-state index contributed by atoms with van der Waals surface area (Å²) in [5.41, 5.74) is 0. The molecule has 1 rings (SSSR count). The van der Waals surface area contributed by atoms with Gasteiger partial charge in [-0.3, -0.25) is 0 Å². The Labute approximate surface area is 116 Å². The Balaban J connectivity index is 2.25. The number of β-amino-alcohol motifs (C(OH)–C–C–N with tert-alkyl or cyclic N) is 1. The highest BCUT2D eigenvalue weighted by Crippen LogP contribution is 2.18. The summed E-state index contributed by atoms with van der Waals surface area (Å²) in [6.45, 7) is 5.58. The molecule has 0 spiro atoms. The van der Waals surface area contributed by atoms with Crippen LogP contribution in [0.5, 0.6) is 0 Å². The smallest absolute Gasteiger partial charge is 0.317 e. The zero-order chi connectivity index (χ0) is 14.3. The topological polar surface area (TPSA) is 55.8 Å². The predicted molar refractivity (Wildman–Crippen MR) is 75.7 cm³/mol. The van der Waals surface area contributed by atoms with Gasteiger partial charge in [0.2, 0.25) is 0 Å². The van der Waals surface area contributed by atoms with Gasteiger partial charge in [-0.05, 0) is 38.8 Å². The van der Waals surface area contributed by atoms with E-state index in [0.29, 0.717) is 5.92 Å². The molecule has 1 atom stereocenters. The lowest BCUT2D eigenvalue weighted by Crippen LogP contribution is -2.44. The van der Waals surface area contributed by atoms with Crippen LogP contribution in [0.2, 0.25) is 0 Å². The second-order valence-corrected chi connectivity index (χ2v) is 5.34. The number of likely N-dealkylation sites (tertiary alicyclic amines) is 1. The average molecular weight is 267 g/mol. The van der Waals surface area contributed by atoms with Crippen molar-refractivity contribution >= 4 is 6.03 Å². The molecule has 19 heavy (non-hydrogen) atoms. The first-order valence-electron chi connectivity index (χ1n) is 6.85. The fourth-order valence-corrected chi connectivity index (χ4v) is 2.46. The molecule has 0 aliphatic carbocycles. The zero-order valence-corrected chi connectivity index (χ0v) is 11.9. The Morgan fingerprint density at radius 2 is 2.21 bits per heavy atom. The summed E-state index contributed by atoms with van der Waals surface area (Å²) in [5.74, 6) is 2.93. The maximum Gasteiger partial charge on any atom is 0.317 e. The van der Waals surface area contributed by atoms with Gasteiger partial charge < -0.3 is 20.2 Å². The number of piperidine rings is 1. The number of hydrogen-bond donors (Lipinski definition) is 2. The molecule has 1 unspecified atom stereocenters. The van der Waals surface area contributed by atoms with Gasteiger partial charge in [-0.2, -0.15) is 0 Å². The minimum Gasteiger partial charge on any atom is -0.392 e. The molecule has 108 valence electrons. The Morgan fingerprint density at radius 3 is 2.74 bits per heavy atom. The maximum absolute atomic E-state index is 11.7. The molecule has 1 aliphatic heterocycles. The lowest BCUT2D eigenvalue weighted by molar-refractivity contribution is 0.0946. The second kappa shape index (κ2) is 8.03. The highest BCUT2D eigenvalue weighted by Gasteiger charge is 2.22. The molecule has 2 N–H and O–H groups in total. The fourth-order valence-electron chi connectivity index (χ4n) is 2.46. The average Bonchev–Trinajstić information content (AvgIpc) is 2.37. The molecule has 5 heteroatoms. The standard InChI is InChI=1S/C14H25N3O2/c1-4-7-15-14(19)16(3)11-13-5-8-17(9-6-13)10-12(2)18/h1,12-13,18H,5-11H2,2-3H3,(H,15,19). The van der Waals surface area contributed by atoms with E-state index >= 15 is 0 Å². The van der Waals surface area contributed by atoms with E-state index in [9.17, 15) is 9.90 Å². The summed E-state index contributed by atoms with van der Waals surface area (Å²) >= 11 is 0. The molecule has 1 saturated heterocycles.